The molecule has 0 fully saturated rings. The lowest BCUT2D eigenvalue weighted by Crippen LogP contribution is -2.08. The van der Waals surface area contributed by atoms with Crippen LogP contribution in [0.25, 0.3) is 5.95 Å². The van der Waals surface area contributed by atoms with Gasteiger partial charge in [-0.3, -0.25) is 4.57 Å². The van der Waals surface area contributed by atoms with Gasteiger partial charge in [0.15, 0.2) is 0 Å². The van der Waals surface area contributed by atoms with Gasteiger partial charge in [-0.15, -0.1) is 0 Å². The van der Waals surface area contributed by atoms with Gasteiger partial charge < -0.3 is 10.5 Å². The summed E-state index contributed by atoms with van der Waals surface area (Å²) in [6.07, 6.45) is 4.88. The minimum Gasteiger partial charge on any atom is -0.458 e. The zero-order valence-electron chi connectivity index (χ0n) is 10.8. The fraction of sp³-hybridized carbons (Fsp3) is 0.0769. The fourth-order valence-corrected chi connectivity index (χ4v) is 1.87. The number of halogens is 1. The van der Waals surface area contributed by atoms with Crippen LogP contribution in [-0.2, 0) is 6.61 Å². The Morgan fingerprint density at radius 3 is 2.81 bits per heavy atom. The van der Waals surface area contributed by atoms with Crippen LogP contribution in [0.2, 0.25) is 5.02 Å². The molecular weight excluding hydrogens is 292 g/mol. The van der Waals surface area contributed by atoms with Crippen molar-refractivity contribution in [3.05, 3.63) is 53.6 Å². The normalized spacial score (nSPS) is 10.5. The van der Waals surface area contributed by atoms with Crippen molar-refractivity contribution in [2.75, 3.05) is 5.73 Å². The van der Waals surface area contributed by atoms with Crippen LogP contribution in [0.4, 0.5) is 5.95 Å². The first kappa shape index (κ1) is 13.3. The Morgan fingerprint density at radius 1 is 1.19 bits per heavy atom. The molecule has 8 heteroatoms. The number of benzene rings is 1. The lowest BCUT2D eigenvalue weighted by molar-refractivity contribution is 0.280. The number of rotatable bonds is 4. The average Bonchev–Trinajstić information content (AvgIpc) is 3.00. The van der Waals surface area contributed by atoms with Crippen LogP contribution in [0.5, 0.6) is 6.01 Å². The van der Waals surface area contributed by atoms with Crippen LogP contribution in [0.3, 0.4) is 0 Å². The Balaban J connectivity index is 1.81. The van der Waals surface area contributed by atoms with Gasteiger partial charge >= 0.3 is 6.01 Å². The van der Waals surface area contributed by atoms with Gasteiger partial charge in [-0.1, -0.05) is 29.8 Å². The van der Waals surface area contributed by atoms with Crippen molar-refractivity contribution >= 4 is 17.5 Å². The van der Waals surface area contributed by atoms with Crippen LogP contribution in [0, 0.1) is 0 Å². The highest BCUT2D eigenvalue weighted by Crippen LogP contribution is 2.17. The van der Waals surface area contributed by atoms with Crippen molar-refractivity contribution in [2.24, 2.45) is 0 Å². The molecule has 106 valence electrons. The van der Waals surface area contributed by atoms with E-state index in [1.54, 1.807) is 29.4 Å². The second-order valence-electron chi connectivity index (χ2n) is 4.13. The molecule has 1 aromatic carbocycles. The summed E-state index contributed by atoms with van der Waals surface area (Å²) in [5.74, 6) is 0.414. The predicted octanol–water partition coefficient (Wildman–Crippen LogP) is 1.87. The zero-order chi connectivity index (χ0) is 14.7. The topological polar surface area (TPSA) is 91.7 Å². The molecule has 0 aliphatic rings. The Kier molecular flexibility index (Phi) is 3.65. The van der Waals surface area contributed by atoms with E-state index in [4.69, 9.17) is 22.1 Å². The smallest absolute Gasteiger partial charge is 0.323 e. The quantitative estimate of drug-likeness (QED) is 0.791. The van der Waals surface area contributed by atoms with E-state index in [0.29, 0.717) is 11.0 Å². The van der Waals surface area contributed by atoms with Crippen molar-refractivity contribution in [2.45, 2.75) is 6.61 Å². The molecule has 0 saturated carbocycles. The van der Waals surface area contributed by atoms with Crippen molar-refractivity contribution in [3.8, 4) is 12.0 Å². The Labute approximate surface area is 125 Å². The molecule has 3 rings (SSSR count). The van der Waals surface area contributed by atoms with E-state index >= 15 is 0 Å². The third-order valence-corrected chi connectivity index (χ3v) is 3.04. The van der Waals surface area contributed by atoms with Crippen LogP contribution in [0.1, 0.15) is 5.56 Å². The lowest BCUT2D eigenvalue weighted by Gasteiger charge is -2.08. The molecule has 0 saturated heterocycles. The van der Waals surface area contributed by atoms with Gasteiger partial charge in [-0.25, -0.2) is 4.98 Å². The second kappa shape index (κ2) is 5.76. The predicted molar refractivity (Wildman–Crippen MR) is 77.1 cm³/mol. The standard InChI is InChI=1S/C13H11ClN6O/c14-10-4-2-1-3-9(10)7-21-13-18-11(15)17-12(19-13)20-6-5-16-8-20/h1-6,8H,7H2,(H2,15,17,18,19). The number of imidazole rings is 1. The summed E-state index contributed by atoms with van der Waals surface area (Å²) in [4.78, 5) is 16.1. The monoisotopic (exact) mass is 302 g/mol. The number of ether oxygens (including phenoxy) is 1. The number of hydrogen-bond acceptors (Lipinski definition) is 6. The maximum atomic E-state index is 6.06. The molecule has 0 aliphatic heterocycles. The summed E-state index contributed by atoms with van der Waals surface area (Å²) < 4.78 is 7.14. The van der Waals surface area contributed by atoms with Gasteiger partial charge in [-0.05, 0) is 6.07 Å². The highest BCUT2D eigenvalue weighted by molar-refractivity contribution is 6.31. The molecule has 0 radical (unpaired) electrons. The molecule has 2 N–H and O–H groups in total. The summed E-state index contributed by atoms with van der Waals surface area (Å²) in [5.41, 5.74) is 6.50. The van der Waals surface area contributed by atoms with E-state index in [1.807, 2.05) is 18.2 Å². The molecule has 0 unspecified atom stereocenters. The summed E-state index contributed by atoms with van der Waals surface area (Å²) in [7, 11) is 0. The summed E-state index contributed by atoms with van der Waals surface area (Å²) in [6.45, 7) is 0.243. The minimum absolute atomic E-state index is 0.0721. The molecule has 0 atom stereocenters. The molecule has 0 bridgehead atoms. The number of hydrogen-bond donors (Lipinski definition) is 1. The van der Waals surface area contributed by atoms with Crippen molar-refractivity contribution < 1.29 is 4.74 Å². The summed E-state index contributed by atoms with van der Waals surface area (Å²) in [5, 5.41) is 0.620. The first-order chi connectivity index (χ1) is 10.2. The van der Waals surface area contributed by atoms with Crippen LogP contribution >= 0.6 is 11.6 Å². The molecule has 0 aliphatic carbocycles. The first-order valence-corrected chi connectivity index (χ1v) is 6.46. The van der Waals surface area contributed by atoms with Gasteiger partial charge in [-0.2, -0.15) is 15.0 Å². The highest BCUT2D eigenvalue weighted by atomic mass is 35.5. The molecule has 3 aromatic rings. The lowest BCUT2D eigenvalue weighted by atomic mass is 10.2. The van der Waals surface area contributed by atoms with E-state index in [-0.39, 0.29) is 18.6 Å². The molecule has 0 spiro atoms. The Morgan fingerprint density at radius 2 is 2.05 bits per heavy atom. The maximum absolute atomic E-state index is 6.06. The summed E-state index contributed by atoms with van der Waals surface area (Å²) >= 11 is 6.06. The Hall–Kier alpha value is -2.67. The van der Waals surface area contributed by atoms with E-state index in [9.17, 15) is 0 Å². The van der Waals surface area contributed by atoms with Gasteiger partial charge in [0.1, 0.15) is 12.9 Å². The SMILES string of the molecule is Nc1nc(OCc2ccccc2Cl)nc(-n2ccnc2)n1. The molecule has 2 heterocycles. The average molecular weight is 303 g/mol. The van der Waals surface area contributed by atoms with Gasteiger partial charge in [0.25, 0.3) is 0 Å². The maximum Gasteiger partial charge on any atom is 0.323 e. The number of aromatic nitrogens is 5. The number of nitrogen functional groups attached to an aromatic ring is 1. The minimum atomic E-state index is 0.0721. The van der Waals surface area contributed by atoms with Crippen LogP contribution < -0.4 is 10.5 Å². The van der Waals surface area contributed by atoms with E-state index in [1.165, 1.54) is 0 Å². The van der Waals surface area contributed by atoms with Crippen molar-refractivity contribution in [1.82, 2.24) is 24.5 Å². The van der Waals surface area contributed by atoms with Gasteiger partial charge in [0, 0.05) is 23.0 Å². The molecular formula is C13H11ClN6O. The van der Waals surface area contributed by atoms with E-state index in [2.05, 4.69) is 19.9 Å². The van der Waals surface area contributed by atoms with Crippen LogP contribution in [-0.4, -0.2) is 24.5 Å². The third kappa shape index (κ3) is 3.09. The van der Waals surface area contributed by atoms with E-state index < -0.39 is 0 Å². The van der Waals surface area contributed by atoms with Crippen molar-refractivity contribution in [1.29, 1.82) is 0 Å². The fourth-order valence-electron chi connectivity index (χ4n) is 1.68. The zero-order valence-corrected chi connectivity index (χ0v) is 11.6. The molecule has 0 amide bonds. The van der Waals surface area contributed by atoms with E-state index in [0.717, 1.165) is 5.56 Å². The highest BCUT2D eigenvalue weighted by Gasteiger charge is 2.08. The van der Waals surface area contributed by atoms with Crippen molar-refractivity contribution in [3.63, 3.8) is 0 Å². The number of anilines is 1. The molecule has 21 heavy (non-hydrogen) atoms. The summed E-state index contributed by atoms with van der Waals surface area (Å²) in [6, 6.07) is 7.52. The van der Waals surface area contributed by atoms with Gasteiger partial charge in [0.05, 0.1) is 0 Å². The largest absolute Gasteiger partial charge is 0.458 e. The Bertz CT molecular complexity index is 746. The third-order valence-electron chi connectivity index (χ3n) is 2.67. The molecule has 7 nitrogen and oxygen atoms in total. The number of nitrogens with zero attached hydrogens (tertiary/aromatic N) is 5. The second-order valence-corrected chi connectivity index (χ2v) is 4.53. The van der Waals surface area contributed by atoms with Gasteiger partial charge in [0.2, 0.25) is 11.9 Å². The number of nitrogens with two attached hydrogens (primary N) is 1. The first-order valence-electron chi connectivity index (χ1n) is 6.08. The van der Waals surface area contributed by atoms with Crippen LogP contribution in [0.15, 0.2) is 43.0 Å². The molecule has 2 aromatic heterocycles.